The molecule has 0 saturated heterocycles. The van der Waals surface area contributed by atoms with Crippen LogP contribution < -0.4 is 5.76 Å². The van der Waals surface area contributed by atoms with Gasteiger partial charge in [-0.05, 0) is 56.5 Å². The molecular formula is C23H26FN3O5. The molecule has 2 heterocycles. The average molecular weight is 443 g/mol. The Kier molecular flexibility index (Phi) is 7.07. The molecule has 0 spiro atoms. The summed E-state index contributed by atoms with van der Waals surface area (Å²) in [6.45, 7) is 7.95. The van der Waals surface area contributed by atoms with Crippen molar-refractivity contribution in [2.75, 3.05) is 6.61 Å². The summed E-state index contributed by atoms with van der Waals surface area (Å²) in [6.07, 6.45) is 0.991. The maximum atomic E-state index is 13.0. The van der Waals surface area contributed by atoms with Gasteiger partial charge in [-0.3, -0.25) is 9.59 Å². The monoisotopic (exact) mass is 443 g/mol. The normalized spacial score (nSPS) is 11.2. The summed E-state index contributed by atoms with van der Waals surface area (Å²) in [4.78, 5) is 36.7. The fraction of sp³-hybridized carbons (Fsp3) is 0.391. The summed E-state index contributed by atoms with van der Waals surface area (Å²) in [6, 6.07) is 7.00. The zero-order valence-corrected chi connectivity index (χ0v) is 18.6. The Hall–Kier alpha value is -3.49. The van der Waals surface area contributed by atoms with Gasteiger partial charge in [-0.15, -0.1) is 5.10 Å². The smallest absolute Gasteiger partial charge is 0.437 e. The zero-order valence-electron chi connectivity index (χ0n) is 18.6. The number of halogens is 1. The Balaban J connectivity index is 1.61. The van der Waals surface area contributed by atoms with Crippen LogP contribution in [0.5, 0.6) is 0 Å². The molecule has 0 bridgehead atoms. The van der Waals surface area contributed by atoms with Crippen LogP contribution in [0.3, 0.4) is 0 Å². The number of carbonyl (C=O) groups is 2. The van der Waals surface area contributed by atoms with Crippen LogP contribution in [0.15, 0.2) is 39.5 Å². The summed E-state index contributed by atoms with van der Waals surface area (Å²) in [5.74, 6) is -1.92. The Morgan fingerprint density at radius 1 is 1.19 bits per heavy atom. The van der Waals surface area contributed by atoms with E-state index in [4.69, 9.17) is 9.15 Å². The van der Waals surface area contributed by atoms with Crippen molar-refractivity contribution in [3.05, 3.63) is 63.7 Å². The van der Waals surface area contributed by atoms with Gasteiger partial charge in [0, 0.05) is 29.1 Å². The molecular weight excluding hydrogens is 417 g/mol. The van der Waals surface area contributed by atoms with Crippen molar-refractivity contribution < 1.29 is 23.1 Å². The van der Waals surface area contributed by atoms with E-state index in [1.54, 1.807) is 6.07 Å². The first-order valence-corrected chi connectivity index (χ1v) is 10.3. The van der Waals surface area contributed by atoms with Gasteiger partial charge in [-0.2, -0.15) is 4.68 Å². The number of rotatable bonds is 9. The van der Waals surface area contributed by atoms with Gasteiger partial charge in [0.1, 0.15) is 12.4 Å². The quantitative estimate of drug-likeness (QED) is 0.371. The van der Waals surface area contributed by atoms with Crippen molar-refractivity contribution >= 4 is 11.8 Å². The molecule has 0 atom stereocenters. The van der Waals surface area contributed by atoms with E-state index in [9.17, 15) is 18.8 Å². The summed E-state index contributed by atoms with van der Waals surface area (Å²) in [7, 11) is 0. The van der Waals surface area contributed by atoms with Crippen LogP contribution >= 0.6 is 0 Å². The molecule has 0 N–H and O–H groups in total. The van der Waals surface area contributed by atoms with Gasteiger partial charge in [0.15, 0.2) is 6.61 Å². The average Bonchev–Trinajstić information content (AvgIpc) is 3.24. The highest BCUT2D eigenvalue weighted by Crippen LogP contribution is 2.18. The highest BCUT2D eigenvalue weighted by atomic mass is 19.1. The molecule has 0 amide bonds. The van der Waals surface area contributed by atoms with Gasteiger partial charge in [0.05, 0.1) is 0 Å². The summed E-state index contributed by atoms with van der Waals surface area (Å²) in [5.41, 5.74) is 2.70. The van der Waals surface area contributed by atoms with Crippen molar-refractivity contribution in [2.24, 2.45) is 5.92 Å². The van der Waals surface area contributed by atoms with Gasteiger partial charge >= 0.3 is 11.7 Å². The molecule has 0 aliphatic carbocycles. The first-order chi connectivity index (χ1) is 15.2. The number of aromatic nitrogens is 3. The number of nitrogens with zero attached hydrogens (tertiary/aromatic N) is 3. The van der Waals surface area contributed by atoms with E-state index >= 15 is 0 Å². The lowest BCUT2D eigenvalue weighted by molar-refractivity contribution is -0.143. The second-order valence-corrected chi connectivity index (χ2v) is 8.04. The molecule has 0 fully saturated rings. The fourth-order valence-corrected chi connectivity index (χ4v) is 3.32. The first-order valence-electron chi connectivity index (χ1n) is 10.3. The van der Waals surface area contributed by atoms with Crippen molar-refractivity contribution in [3.8, 4) is 11.5 Å². The number of benzene rings is 1. The van der Waals surface area contributed by atoms with Crippen LogP contribution in [0.1, 0.15) is 42.0 Å². The minimum absolute atomic E-state index is 0.0484. The third-order valence-electron chi connectivity index (χ3n) is 5.14. The molecule has 2 aromatic heterocycles. The highest BCUT2D eigenvalue weighted by Gasteiger charge is 2.19. The fourth-order valence-electron chi connectivity index (χ4n) is 3.32. The highest BCUT2D eigenvalue weighted by molar-refractivity contribution is 5.99. The van der Waals surface area contributed by atoms with E-state index in [1.807, 2.05) is 13.8 Å². The lowest BCUT2D eigenvalue weighted by Crippen LogP contribution is -2.24. The molecule has 9 heteroatoms. The molecule has 32 heavy (non-hydrogen) atoms. The van der Waals surface area contributed by atoms with E-state index in [1.165, 1.54) is 24.3 Å². The molecule has 0 aliphatic rings. The standard InChI is InChI=1S/C23H26FN3O5/c1-14(2)9-10-26-15(3)11-19(16(26)4)20(28)13-31-21(29)12-27-23(30)32-22(25-27)17-5-7-18(24)8-6-17/h5-8,11,14H,9-10,12-13H2,1-4H3. The van der Waals surface area contributed by atoms with Gasteiger partial charge in [0.25, 0.3) is 0 Å². The van der Waals surface area contributed by atoms with Crippen LogP contribution in [0, 0.1) is 25.6 Å². The molecule has 170 valence electrons. The van der Waals surface area contributed by atoms with Crippen molar-refractivity contribution in [1.29, 1.82) is 0 Å². The van der Waals surface area contributed by atoms with Crippen LogP contribution in [0.4, 0.5) is 4.39 Å². The van der Waals surface area contributed by atoms with Gasteiger partial charge < -0.3 is 13.7 Å². The molecule has 8 nitrogen and oxygen atoms in total. The van der Waals surface area contributed by atoms with E-state index in [-0.39, 0.29) is 11.7 Å². The number of aryl methyl sites for hydroxylation is 1. The minimum atomic E-state index is -0.860. The lowest BCUT2D eigenvalue weighted by Gasteiger charge is -2.11. The number of hydrogen-bond acceptors (Lipinski definition) is 6. The molecule has 0 radical (unpaired) electrons. The number of esters is 1. The van der Waals surface area contributed by atoms with Gasteiger partial charge in [0.2, 0.25) is 11.7 Å². The van der Waals surface area contributed by atoms with Crippen molar-refractivity contribution in [1.82, 2.24) is 14.3 Å². The van der Waals surface area contributed by atoms with Crippen LogP contribution in [-0.2, 0) is 22.6 Å². The second kappa shape index (κ2) is 9.76. The van der Waals surface area contributed by atoms with E-state index < -0.39 is 30.7 Å². The predicted octanol–water partition coefficient (Wildman–Crippen LogP) is 3.53. The molecule has 0 saturated carbocycles. The van der Waals surface area contributed by atoms with Gasteiger partial charge in [-0.1, -0.05) is 13.8 Å². The molecule has 3 aromatic rings. The predicted molar refractivity (Wildman–Crippen MR) is 115 cm³/mol. The molecule has 3 rings (SSSR count). The maximum absolute atomic E-state index is 13.0. The summed E-state index contributed by atoms with van der Waals surface area (Å²) < 4.78 is 26.0. The van der Waals surface area contributed by atoms with E-state index in [2.05, 4.69) is 23.5 Å². The summed E-state index contributed by atoms with van der Waals surface area (Å²) in [5, 5.41) is 3.92. The van der Waals surface area contributed by atoms with Crippen molar-refractivity contribution in [2.45, 2.75) is 47.2 Å². The third kappa shape index (κ3) is 5.40. The lowest BCUT2D eigenvalue weighted by atomic mass is 10.1. The number of ether oxygens (including phenoxy) is 1. The zero-order chi connectivity index (χ0) is 23.4. The topological polar surface area (TPSA) is 96.3 Å². The molecule has 0 aliphatic heterocycles. The first kappa shape index (κ1) is 23.2. The van der Waals surface area contributed by atoms with Crippen molar-refractivity contribution in [3.63, 3.8) is 0 Å². The SMILES string of the molecule is Cc1cc(C(=O)COC(=O)Cn2nc(-c3ccc(F)cc3)oc2=O)c(C)n1CCC(C)C. The van der Waals surface area contributed by atoms with Gasteiger partial charge in [-0.25, -0.2) is 9.18 Å². The Morgan fingerprint density at radius 2 is 1.88 bits per heavy atom. The number of Topliss-reactive ketones (excluding diaryl/α,β-unsaturated/α-hetero) is 1. The minimum Gasteiger partial charge on any atom is -0.456 e. The Morgan fingerprint density at radius 3 is 2.53 bits per heavy atom. The maximum Gasteiger partial charge on any atom is 0.437 e. The molecule has 1 aromatic carbocycles. The number of ketones is 1. The van der Waals surface area contributed by atoms with Crippen LogP contribution in [0.25, 0.3) is 11.5 Å². The summed E-state index contributed by atoms with van der Waals surface area (Å²) >= 11 is 0. The van der Waals surface area contributed by atoms with E-state index in [0.717, 1.165) is 29.0 Å². The Bertz CT molecular complexity index is 1170. The largest absolute Gasteiger partial charge is 0.456 e. The van der Waals surface area contributed by atoms with Crippen LogP contribution in [-0.4, -0.2) is 32.7 Å². The number of hydrogen-bond donors (Lipinski definition) is 0. The van der Waals surface area contributed by atoms with Crippen LogP contribution in [0.2, 0.25) is 0 Å². The third-order valence-corrected chi connectivity index (χ3v) is 5.14. The molecule has 0 unspecified atom stereocenters. The number of carbonyl (C=O) groups excluding carboxylic acids is 2. The Labute approximate surface area is 184 Å². The second-order valence-electron chi connectivity index (χ2n) is 8.04. The van der Waals surface area contributed by atoms with E-state index in [0.29, 0.717) is 17.0 Å².